The van der Waals surface area contributed by atoms with Crippen LogP contribution in [0.3, 0.4) is 0 Å². The van der Waals surface area contributed by atoms with Crippen LogP contribution in [0.2, 0.25) is 0 Å². The Morgan fingerprint density at radius 3 is 2.88 bits per heavy atom. The maximum Gasteiger partial charge on any atom is 0.323 e. The molecule has 0 radical (unpaired) electrons. The van der Waals surface area contributed by atoms with E-state index in [-0.39, 0.29) is 12.5 Å². The van der Waals surface area contributed by atoms with E-state index in [1.807, 2.05) is 0 Å². The fourth-order valence-electron chi connectivity index (χ4n) is 1.55. The van der Waals surface area contributed by atoms with Crippen molar-refractivity contribution in [3.63, 3.8) is 0 Å². The third-order valence-electron chi connectivity index (χ3n) is 2.62. The van der Waals surface area contributed by atoms with E-state index in [9.17, 15) is 9.59 Å². The van der Waals surface area contributed by atoms with Crippen molar-refractivity contribution >= 4 is 11.9 Å². The van der Waals surface area contributed by atoms with Gasteiger partial charge in [-0.1, -0.05) is 0 Å². The quantitative estimate of drug-likeness (QED) is 0.770. The lowest BCUT2D eigenvalue weighted by molar-refractivity contribution is -0.137. The van der Waals surface area contributed by atoms with Crippen LogP contribution in [0.15, 0.2) is 18.3 Å². The van der Waals surface area contributed by atoms with E-state index < -0.39 is 5.97 Å². The highest BCUT2D eigenvalue weighted by Crippen LogP contribution is 2.27. The van der Waals surface area contributed by atoms with Crippen LogP contribution in [0.25, 0.3) is 0 Å². The van der Waals surface area contributed by atoms with Gasteiger partial charge in [-0.15, -0.1) is 0 Å². The summed E-state index contributed by atoms with van der Waals surface area (Å²) < 4.78 is 1.44. The molecule has 5 nitrogen and oxygen atoms in total. The molecule has 86 valence electrons. The molecule has 0 bridgehead atoms. The minimum absolute atomic E-state index is 0.181. The van der Waals surface area contributed by atoms with Crippen molar-refractivity contribution in [1.29, 1.82) is 0 Å². The molecule has 1 heterocycles. The molecule has 0 saturated heterocycles. The number of carboxylic acid groups (broad SMARTS) is 1. The molecule has 0 atom stereocenters. The first-order valence-electron chi connectivity index (χ1n) is 5.32. The molecule has 0 aliphatic heterocycles. The summed E-state index contributed by atoms with van der Waals surface area (Å²) in [4.78, 5) is 22.3. The zero-order valence-corrected chi connectivity index (χ0v) is 8.85. The van der Waals surface area contributed by atoms with Gasteiger partial charge in [-0.2, -0.15) is 0 Å². The van der Waals surface area contributed by atoms with E-state index >= 15 is 0 Å². The minimum atomic E-state index is -0.951. The minimum Gasteiger partial charge on any atom is -0.480 e. The lowest BCUT2D eigenvalue weighted by atomic mass is 10.3. The molecule has 1 fully saturated rings. The normalized spacial score (nSPS) is 14.8. The average molecular weight is 222 g/mol. The highest BCUT2D eigenvalue weighted by Gasteiger charge is 2.22. The first-order valence-corrected chi connectivity index (χ1v) is 5.32. The van der Waals surface area contributed by atoms with Gasteiger partial charge < -0.3 is 15.0 Å². The smallest absolute Gasteiger partial charge is 0.323 e. The maximum atomic E-state index is 11.7. The monoisotopic (exact) mass is 222 g/mol. The molecule has 1 saturated carbocycles. The van der Waals surface area contributed by atoms with Crippen LogP contribution in [-0.4, -0.2) is 28.1 Å². The van der Waals surface area contributed by atoms with Crippen LogP contribution in [-0.2, 0) is 11.3 Å². The molecule has 1 aliphatic carbocycles. The Morgan fingerprint density at radius 2 is 2.25 bits per heavy atom. The molecule has 16 heavy (non-hydrogen) atoms. The lowest BCUT2D eigenvalue weighted by Crippen LogP contribution is -2.28. The number of nitrogens with zero attached hydrogens (tertiary/aromatic N) is 1. The van der Waals surface area contributed by atoms with Gasteiger partial charge in [0, 0.05) is 12.7 Å². The van der Waals surface area contributed by atoms with Crippen LogP contribution in [0, 0.1) is 5.92 Å². The SMILES string of the molecule is O=C(O)Cn1cccc1C(=O)NCC1CC1. The Labute approximate surface area is 93.1 Å². The molecule has 1 aromatic rings. The van der Waals surface area contributed by atoms with Gasteiger partial charge in [-0.3, -0.25) is 9.59 Å². The first kappa shape index (κ1) is 10.7. The highest BCUT2D eigenvalue weighted by molar-refractivity contribution is 5.93. The summed E-state index contributed by atoms with van der Waals surface area (Å²) in [5, 5.41) is 11.5. The molecule has 1 aromatic heterocycles. The Hall–Kier alpha value is -1.78. The van der Waals surface area contributed by atoms with E-state index in [1.165, 1.54) is 17.4 Å². The van der Waals surface area contributed by atoms with Crippen molar-refractivity contribution < 1.29 is 14.7 Å². The third kappa shape index (κ3) is 2.62. The Balaban J connectivity index is 1.97. The Morgan fingerprint density at radius 1 is 1.50 bits per heavy atom. The van der Waals surface area contributed by atoms with Gasteiger partial charge in [-0.25, -0.2) is 0 Å². The molecule has 5 heteroatoms. The second-order valence-electron chi connectivity index (χ2n) is 4.07. The van der Waals surface area contributed by atoms with Gasteiger partial charge in [0.2, 0.25) is 0 Å². The van der Waals surface area contributed by atoms with Crippen molar-refractivity contribution in [3.8, 4) is 0 Å². The van der Waals surface area contributed by atoms with Gasteiger partial charge in [0.05, 0.1) is 0 Å². The Bertz CT molecular complexity index is 407. The van der Waals surface area contributed by atoms with Crippen molar-refractivity contribution in [2.45, 2.75) is 19.4 Å². The molecule has 0 aromatic carbocycles. The standard InChI is InChI=1S/C11H14N2O3/c14-10(15)7-13-5-1-2-9(13)11(16)12-6-8-3-4-8/h1-2,5,8H,3-4,6-7H2,(H,12,16)(H,14,15). The predicted molar refractivity (Wildman–Crippen MR) is 57.1 cm³/mol. The summed E-state index contributed by atoms with van der Waals surface area (Å²) in [6.07, 6.45) is 3.95. The van der Waals surface area contributed by atoms with Crippen molar-refractivity contribution in [2.24, 2.45) is 5.92 Å². The fourth-order valence-corrected chi connectivity index (χ4v) is 1.55. The van der Waals surface area contributed by atoms with E-state index in [0.29, 0.717) is 18.2 Å². The van der Waals surface area contributed by atoms with Gasteiger partial charge in [0.1, 0.15) is 12.2 Å². The number of aliphatic carboxylic acids is 1. The topological polar surface area (TPSA) is 71.3 Å². The number of aromatic nitrogens is 1. The van der Waals surface area contributed by atoms with Gasteiger partial charge in [-0.05, 0) is 30.9 Å². The third-order valence-corrected chi connectivity index (χ3v) is 2.62. The van der Waals surface area contributed by atoms with Crippen LogP contribution in [0.4, 0.5) is 0 Å². The molecule has 2 N–H and O–H groups in total. The highest BCUT2D eigenvalue weighted by atomic mass is 16.4. The summed E-state index contributed by atoms with van der Waals surface area (Å²) in [6.45, 7) is 0.510. The first-order chi connectivity index (χ1) is 7.66. The number of carbonyl (C=O) groups is 2. The number of nitrogens with one attached hydrogen (secondary N) is 1. The summed E-state index contributed by atoms with van der Waals surface area (Å²) in [5.74, 6) is -0.530. The fraction of sp³-hybridized carbons (Fsp3) is 0.455. The van der Waals surface area contributed by atoms with E-state index in [0.717, 1.165) is 0 Å². The van der Waals surface area contributed by atoms with Crippen molar-refractivity contribution in [1.82, 2.24) is 9.88 Å². The number of amides is 1. The van der Waals surface area contributed by atoms with E-state index in [2.05, 4.69) is 5.32 Å². The summed E-state index contributed by atoms with van der Waals surface area (Å²) in [5.41, 5.74) is 0.406. The van der Waals surface area contributed by atoms with Crippen molar-refractivity contribution in [3.05, 3.63) is 24.0 Å². The molecule has 1 aliphatic rings. The van der Waals surface area contributed by atoms with E-state index in [4.69, 9.17) is 5.11 Å². The lowest BCUT2D eigenvalue weighted by Gasteiger charge is -2.07. The molecule has 1 amide bonds. The van der Waals surface area contributed by atoms with Crippen LogP contribution < -0.4 is 5.32 Å². The number of carbonyl (C=O) groups excluding carboxylic acids is 1. The van der Waals surface area contributed by atoms with Crippen LogP contribution in [0.1, 0.15) is 23.3 Å². The largest absolute Gasteiger partial charge is 0.480 e. The number of hydrogen-bond acceptors (Lipinski definition) is 2. The van der Waals surface area contributed by atoms with Gasteiger partial charge >= 0.3 is 5.97 Å². The van der Waals surface area contributed by atoms with Crippen molar-refractivity contribution in [2.75, 3.05) is 6.54 Å². The summed E-state index contributed by atoms with van der Waals surface area (Å²) >= 11 is 0. The second kappa shape index (κ2) is 4.38. The number of rotatable bonds is 5. The predicted octanol–water partition coefficient (Wildman–Crippen LogP) is 0.712. The molecular formula is C11H14N2O3. The van der Waals surface area contributed by atoms with Crippen LogP contribution in [0.5, 0.6) is 0 Å². The van der Waals surface area contributed by atoms with Gasteiger partial charge in [0.25, 0.3) is 5.91 Å². The number of carboxylic acids is 1. The average Bonchev–Trinajstić information content (AvgIpc) is 2.94. The second-order valence-corrected chi connectivity index (χ2v) is 4.07. The van der Waals surface area contributed by atoms with Gasteiger partial charge in [0.15, 0.2) is 0 Å². The summed E-state index contributed by atoms with van der Waals surface area (Å²) in [7, 11) is 0. The molecular weight excluding hydrogens is 208 g/mol. The Kier molecular flexibility index (Phi) is 2.94. The van der Waals surface area contributed by atoms with Crippen LogP contribution >= 0.6 is 0 Å². The zero-order valence-electron chi connectivity index (χ0n) is 8.85. The molecule has 0 spiro atoms. The van der Waals surface area contributed by atoms with E-state index in [1.54, 1.807) is 18.3 Å². The number of hydrogen-bond donors (Lipinski definition) is 2. The summed E-state index contributed by atoms with van der Waals surface area (Å²) in [6, 6.07) is 3.31. The molecule has 0 unspecified atom stereocenters. The zero-order chi connectivity index (χ0) is 11.5. The maximum absolute atomic E-state index is 11.7. The molecule has 2 rings (SSSR count).